The molecule has 2 saturated heterocycles. The molecule has 2 aromatic carbocycles. The second-order valence-corrected chi connectivity index (χ2v) is 13.5. The zero-order valence-electron chi connectivity index (χ0n) is 23.7. The summed E-state index contributed by atoms with van der Waals surface area (Å²) in [7, 11) is -4.25. The Kier molecular flexibility index (Phi) is 8.15. The molecule has 0 unspecified atom stereocenters. The summed E-state index contributed by atoms with van der Waals surface area (Å²) in [6.07, 6.45) is 1.92. The molecule has 3 aliphatic heterocycles. The molecule has 0 bridgehead atoms. The Morgan fingerprint density at radius 1 is 1.10 bits per heavy atom. The largest absolute Gasteiger partial charge is 0.487 e. The van der Waals surface area contributed by atoms with Crippen LogP contribution in [0, 0.1) is 11.7 Å². The minimum Gasteiger partial charge on any atom is -0.487 e. The van der Waals surface area contributed by atoms with Crippen LogP contribution < -0.4 is 13.8 Å². The number of carbonyl (C=O) groups is 2. The average molecular weight is 589 g/mol. The minimum absolute atomic E-state index is 0.0909. The van der Waals surface area contributed by atoms with Gasteiger partial charge in [0.2, 0.25) is 0 Å². The van der Waals surface area contributed by atoms with Crippen LogP contribution in [-0.4, -0.2) is 68.5 Å². The number of likely N-dealkylation sites (tertiary alicyclic amines) is 1. The minimum atomic E-state index is -4.25. The van der Waals surface area contributed by atoms with Crippen molar-refractivity contribution in [1.82, 2.24) is 14.5 Å². The van der Waals surface area contributed by atoms with Crippen LogP contribution in [0.2, 0.25) is 0 Å². The number of amides is 2. The van der Waals surface area contributed by atoms with Crippen LogP contribution in [0.5, 0.6) is 5.75 Å². The van der Waals surface area contributed by atoms with Gasteiger partial charge in [-0.3, -0.25) is 9.69 Å². The Bertz CT molecular complexity index is 1400. The van der Waals surface area contributed by atoms with E-state index >= 15 is 4.39 Å². The van der Waals surface area contributed by atoms with Crippen LogP contribution in [0.1, 0.15) is 50.3 Å². The molecule has 2 amide bonds. The summed E-state index contributed by atoms with van der Waals surface area (Å²) in [5.74, 6) is -0.981. The summed E-state index contributed by atoms with van der Waals surface area (Å²) in [5.41, 5.74) is 1.24. The van der Waals surface area contributed by atoms with Crippen molar-refractivity contribution in [2.75, 3.05) is 37.0 Å². The lowest BCUT2D eigenvalue weighted by molar-refractivity contribution is -0.117. The maximum atomic E-state index is 16.3. The molecule has 10 nitrogen and oxygen atoms in total. The van der Waals surface area contributed by atoms with Crippen molar-refractivity contribution in [3.63, 3.8) is 0 Å². The maximum absolute atomic E-state index is 16.3. The topological polar surface area (TPSA) is 108 Å². The highest BCUT2D eigenvalue weighted by molar-refractivity contribution is 7.92. The molecule has 3 aliphatic rings. The van der Waals surface area contributed by atoms with E-state index in [1.54, 1.807) is 11.0 Å². The highest BCUT2D eigenvalue weighted by Gasteiger charge is 2.39. The monoisotopic (exact) mass is 588 g/mol. The molecule has 41 heavy (non-hydrogen) atoms. The average Bonchev–Trinajstić information content (AvgIpc) is 3.19. The van der Waals surface area contributed by atoms with Gasteiger partial charge in [0.25, 0.3) is 5.91 Å². The van der Waals surface area contributed by atoms with E-state index in [9.17, 15) is 18.0 Å². The van der Waals surface area contributed by atoms with Gasteiger partial charge in [-0.05, 0) is 63.1 Å². The lowest BCUT2D eigenvalue weighted by Gasteiger charge is -2.37. The summed E-state index contributed by atoms with van der Waals surface area (Å²) in [6, 6.07) is 11.0. The summed E-state index contributed by atoms with van der Waals surface area (Å²) in [5, 5.41) is 0. The van der Waals surface area contributed by atoms with Gasteiger partial charge in [-0.25, -0.2) is 18.2 Å². The number of hydrogen-bond acceptors (Lipinski definition) is 7. The smallest absolute Gasteiger partial charge is 0.410 e. The third-order valence-corrected chi connectivity index (χ3v) is 8.95. The predicted molar refractivity (Wildman–Crippen MR) is 151 cm³/mol. The summed E-state index contributed by atoms with van der Waals surface area (Å²) >= 11 is 0. The van der Waals surface area contributed by atoms with Crippen LogP contribution in [0.25, 0.3) is 0 Å². The number of piperidine rings is 1. The Labute approximate surface area is 240 Å². The van der Waals surface area contributed by atoms with Crippen molar-refractivity contribution < 1.29 is 31.9 Å². The molecule has 0 saturated carbocycles. The second-order valence-electron chi connectivity index (χ2n) is 11.9. The summed E-state index contributed by atoms with van der Waals surface area (Å²) in [6.45, 7) is 8.15. The number of benzene rings is 2. The van der Waals surface area contributed by atoms with Crippen molar-refractivity contribution in [3.8, 4) is 5.75 Å². The van der Waals surface area contributed by atoms with E-state index in [2.05, 4.69) is 4.90 Å². The van der Waals surface area contributed by atoms with Crippen LogP contribution in [-0.2, 0) is 39.3 Å². The number of ether oxygens (including phenoxy) is 2. The van der Waals surface area contributed by atoms with E-state index in [-0.39, 0.29) is 24.1 Å². The zero-order valence-corrected chi connectivity index (χ0v) is 24.5. The first kappa shape index (κ1) is 29.1. The fourth-order valence-electron chi connectivity index (χ4n) is 5.55. The lowest BCUT2D eigenvalue weighted by atomic mass is 9.93. The molecular formula is C29H37FN4O6S. The number of hydrogen-bond donors (Lipinski definition) is 1. The van der Waals surface area contributed by atoms with Crippen molar-refractivity contribution in [1.29, 1.82) is 0 Å². The number of halogens is 1. The first-order valence-corrected chi connectivity index (χ1v) is 15.4. The quantitative estimate of drug-likeness (QED) is 0.550. The van der Waals surface area contributed by atoms with Crippen LogP contribution in [0.4, 0.5) is 14.9 Å². The van der Waals surface area contributed by atoms with E-state index in [1.807, 2.05) is 55.8 Å². The van der Waals surface area contributed by atoms with Gasteiger partial charge in [0.05, 0.1) is 0 Å². The van der Waals surface area contributed by atoms with Gasteiger partial charge >= 0.3 is 16.3 Å². The van der Waals surface area contributed by atoms with Crippen molar-refractivity contribution in [3.05, 3.63) is 58.9 Å². The van der Waals surface area contributed by atoms with Gasteiger partial charge in [-0.2, -0.15) is 8.42 Å². The third kappa shape index (κ3) is 6.75. The molecule has 2 aromatic rings. The molecule has 12 heteroatoms. The SMILES string of the molecule is CC(C)(C)OC(=O)N1CCC(CN2CCc3cc(OCc4ccccc4)c(N4CC(=O)NS4(=O)=O)c(F)c3C2)CC1. The molecule has 222 valence electrons. The molecule has 5 rings (SSSR count). The first-order chi connectivity index (χ1) is 19.4. The molecule has 0 aliphatic carbocycles. The molecule has 2 fully saturated rings. The first-order valence-electron chi connectivity index (χ1n) is 13.9. The van der Waals surface area contributed by atoms with Gasteiger partial charge in [0.1, 0.15) is 30.2 Å². The maximum Gasteiger partial charge on any atom is 0.410 e. The van der Waals surface area contributed by atoms with Gasteiger partial charge in [-0.15, -0.1) is 0 Å². The second kappa shape index (κ2) is 11.5. The molecule has 0 spiro atoms. The molecule has 0 atom stereocenters. The Hall–Kier alpha value is -3.38. The van der Waals surface area contributed by atoms with Crippen molar-refractivity contribution in [2.45, 2.75) is 58.8 Å². The lowest BCUT2D eigenvalue weighted by Crippen LogP contribution is -2.44. The van der Waals surface area contributed by atoms with Gasteiger partial charge in [-0.1, -0.05) is 30.3 Å². The number of anilines is 1. The van der Waals surface area contributed by atoms with E-state index in [1.165, 1.54) is 0 Å². The fourth-order valence-corrected chi connectivity index (χ4v) is 6.71. The highest BCUT2D eigenvalue weighted by Crippen LogP contribution is 2.40. The van der Waals surface area contributed by atoms with Crippen LogP contribution >= 0.6 is 0 Å². The third-order valence-electron chi connectivity index (χ3n) is 7.57. The van der Waals surface area contributed by atoms with Crippen LogP contribution in [0.3, 0.4) is 0 Å². The van der Waals surface area contributed by atoms with E-state index < -0.39 is 34.1 Å². The molecule has 1 N–H and O–H groups in total. The zero-order chi connectivity index (χ0) is 29.4. The van der Waals surface area contributed by atoms with Gasteiger partial charge in [0.15, 0.2) is 5.82 Å². The number of nitrogens with one attached hydrogen (secondary N) is 1. The number of rotatable bonds is 6. The van der Waals surface area contributed by atoms with Crippen LogP contribution in [0.15, 0.2) is 36.4 Å². The number of nitrogens with zero attached hydrogens (tertiary/aromatic N) is 3. The Morgan fingerprint density at radius 3 is 2.44 bits per heavy atom. The van der Waals surface area contributed by atoms with E-state index in [0.29, 0.717) is 37.5 Å². The highest BCUT2D eigenvalue weighted by atomic mass is 32.2. The number of fused-ring (bicyclic) bond motifs is 1. The standard InChI is InChI=1S/C29H37FN4O6S/c1-29(2,3)40-28(36)33-13-9-20(10-14-33)16-32-12-11-22-15-24(39-19-21-7-5-4-6-8-21)27(26(30)23(22)17-32)34-18-25(35)31-41(34,37)38/h4-8,15,20H,9-14,16-19H2,1-3H3,(H,31,35). The normalized spacial score (nSPS) is 19.6. The molecular weight excluding hydrogens is 551 g/mol. The van der Waals surface area contributed by atoms with E-state index in [0.717, 1.165) is 41.4 Å². The molecule has 0 aromatic heterocycles. The van der Waals surface area contributed by atoms with Crippen molar-refractivity contribution >= 4 is 27.9 Å². The van der Waals surface area contributed by atoms with Gasteiger partial charge in [0, 0.05) is 38.3 Å². The molecule has 3 heterocycles. The van der Waals surface area contributed by atoms with Gasteiger partial charge < -0.3 is 14.4 Å². The fraction of sp³-hybridized carbons (Fsp3) is 0.517. The van der Waals surface area contributed by atoms with Crippen molar-refractivity contribution in [2.24, 2.45) is 5.92 Å². The predicted octanol–water partition coefficient (Wildman–Crippen LogP) is 3.59. The Morgan fingerprint density at radius 2 is 1.80 bits per heavy atom. The summed E-state index contributed by atoms with van der Waals surface area (Å²) < 4.78 is 55.9. The Balaban J connectivity index is 1.32. The summed E-state index contributed by atoms with van der Waals surface area (Å²) in [4.78, 5) is 28.3. The van der Waals surface area contributed by atoms with E-state index in [4.69, 9.17) is 9.47 Å². The number of carbonyl (C=O) groups excluding carboxylic acids is 2. The molecule has 0 radical (unpaired) electrons.